The van der Waals surface area contributed by atoms with Crippen LogP contribution in [-0.4, -0.2) is 68.5 Å². The van der Waals surface area contributed by atoms with Crippen molar-refractivity contribution in [2.24, 2.45) is 0 Å². The molecular formula is C64H131N2O6P. The molecule has 0 aliphatic rings. The number of hydrogen-bond acceptors (Lipinski definition) is 6. The second kappa shape index (κ2) is 56.2. The molecular weight excluding hydrogens is 924 g/mol. The number of quaternary nitrogens is 1. The van der Waals surface area contributed by atoms with Gasteiger partial charge in [0.2, 0.25) is 5.91 Å². The van der Waals surface area contributed by atoms with E-state index in [9.17, 15) is 19.4 Å². The molecule has 0 aromatic heterocycles. The minimum absolute atomic E-state index is 0.0165. The van der Waals surface area contributed by atoms with Crippen molar-refractivity contribution in [3.63, 3.8) is 0 Å². The first-order chi connectivity index (χ1) is 35.5. The lowest BCUT2D eigenvalue weighted by molar-refractivity contribution is -0.870. The van der Waals surface area contributed by atoms with Crippen molar-refractivity contribution in [2.45, 2.75) is 366 Å². The molecule has 0 heterocycles. The zero-order chi connectivity index (χ0) is 53.5. The van der Waals surface area contributed by atoms with Gasteiger partial charge in [-0.2, -0.15) is 0 Å². The fourth-order valence-electron chi connectivity index (χ4n) is 10.5. The van der Waals surface area contributed by atoms with E-state index in [0.717, 1.165) is 38.5 Å². The van der Waals surface area contributed by atoms with Crippen LogP contribution in [0.1, 0.15) is 354 Å². The number of likely N-dealkylation sites (N-methyl/N-ethyl adjacent to an activating group) is 1. The van der Waals surface area contributed by atoms with Crippen LogP contribution in [0.2, 0.25) is 0 Å². The number of aliphatic hydroxyl groups excluding tert-OH is 1. The van der Waals surface area contributed by atoms with Crippen LogP contribution >= 0.6 is 7.82 Å². The molecule has 9 heteroatoms. The third-order valence-corrected chi connectivity index (χ3v) is 16.6. The maximum Gasteiger partial charge on any atom is 0.268 e. The molecule has 0 fully saturated rings. The molecule has 3 atom stereocenters. The van der Waals surface area contributed by atoms with Crippen molar-refractivity contribution in [1.29, 1.82) is 0 Å². The maximum atomic E-state index is 13.0. The van der Waals surface area contributed by atoms with Gasteiger partial charge in [0, 0.05) is 6.42 Å². The number of amides is 1. The van der Waals surface area contributed by atoms with Crippen LogP contribution in [-0.2, 0) is 18.4 Å². The highest BCUT2D eigenvalue weighted by Gasteiger charge is 2.24. The largest absolute Gasteiger partial charge is 0.756 e. The summed E-state index contributed by atoms with van der Waals surface area (Å²) in [7, 11) is 1.33. The van der Waals surface area contributed by atoms with Crippen LogP contribution in [0, 0.1) is 0 Å². The van der Waals surface area contributed by atoms with Gasteiger partial charge in [0.05, 0.1) is 39.9 Å². The maximum absolute atomic E-state index is 13.0. The molecule has 2 N–H and O–H groups in total. The Balaban J connectivity index is 3.84. The van der Waals surface area contributed by atoms with E-state index >= 15 is 0 Å². The van der Waals surface area contributed by atoms with Crippen molar-refractivity contribution >= 4 is 13.7 Å². The van der Waals surface area contributed by atoms with E-state index in [1.54, 1.807) is 0 Å². The van der Waals surface area contributed by atoms with Gasteiger partial charge in [-0.25, -0.2) is 0 Å². The molecule has 1 amide bonds. The molecule has 0 aliphatic heterocycles. The van der Waals surface area contributed by atoms with Gasteiger partial charge in [-0.1, -0.05) is 335 Å². The average molecular weight is 1060 g/mol. The Morgan fingerprint density at radius 1 is 0.425 bits per heavy atom. The summed E-state index contributed by atoms with van der Waals surface area (Å²) in [6.07, 6.45) is 69.0. The lowest BCUT2D eigenvalue weighted by Crippen LogP contribution is -2.46. The second-order valence-corrected chi connectivity index (χ2v) is 25.6. The van der Waals surface area contributed by atoms with E-state index in [1.165, 1.54) is 289 Å². The summed E-state index contributed by atoms with van der Waals surface area (Å²) in [4.78, 5) is 25.5. The van der Waals surface area contributed by atoms with E-state index in [1.807, 2.05) is 21.1 Å². The molecule has 0 bridgehead atoms. The van der Waals surface area contributed by atoms with Crippen LogP contribution in [0.3, 0.4) is 0 Å². The van der Waals surface area contributed by atoms with Crippen molar-refractivity contribution in [1.82, 2.24) is 5.32 Å². The predicted molar refractivity (Wildman–Crippen MR) is 316 cm³/mol. The minimum Gasteiger partial charge on any atom is -0.756 e. The summed E-state index contributed by atoms with van der Waals surface area (Å²) in [5, 5.41) is 14.0. The summed E-state index contributed by atoms with van der Waals surface area (Å²) in [5.74, 6) is -0.156. The van der Waals surface area contributed by atoms with Crippen LogP contribution < -0.4 is 10.2 Å². The molecule has 0 aromatic rings. The number of phosphoric acid groups is 1. The molecule has 0 saturated heterocycles. The Labute approximate surface area is 457 Å². The van der Waals surface area contributed by atoms with Crippen LogP contribution in [0.4, 0.5) is 0 Å². The van der Waals surface area contributed by atoms with Crippen molar-refractivity contribution in [3.8, 4) is 0 Å². The number of hydrogen-bond donors (Lipinski definition) is 2. The van der Waals surface area contributed by atoms with E-state index in [0.29, 0.717) is 23.9 Å². The lowest BCUT2D eigenvalue weighted by Gasteiger charge is -2.30. The molecule has 3 unspecified atom stereocenters. The Kier molecular flexibility index (Phi) is 55.8. The van der Waals surface area contributed by atoms with Crippen LogP contribution in [0.25, 0.3) is 0 Å². The van der Waals surface area contributed by atoms with E-state index in [4.69, 9.17) is 9.05 Å². The quantitative estimate of drug-likeness (QED) is 0.0357. The highest BCUT2D eigenvalue weighted by molar-refractivity contribution is 7.45. The molecule has 0 spiro atoms. The molecule has 73 heavy (non-hydrogen) atoms. The van der Waals surface area contributed by atoms with E-state index < -0.39 is 20.0 Å². The Bertz CT molecular complexity index is 1150. The fourth-order valence-corrected chi connectivity index (χ4v) is 11.2. The van der Waals surface area contributed by atoms with Gasteiger partial charge in [0.25, 0.3) is 7.82 Å². The van der Waals surface area contributed by atoms with Crippen LogP contribution in [0.5, 0.6) is 0 Å². The molecule has 0 radical (unpaired) electrons. The lowest BCUT2D eigenvalue weighted by atomic mass is 10.0. The highest BCUT2D eigenvalue weighted by Crippen LogP contribution is 2.38. The van der Waals surface area contributed by atoms with Gasteiger partial charge in [-0.3, -0.25) is 9.36 Å². The molecule has 8 nitrogen and oxygen atoms in total. The highest BCUT2D eigenvalue weighted by atomic mass is 31.2. The molecule has 0 saturated carbocycles. The Morgan fingerprint density at radius 2 is 0.671 bits per heavy atom. The van der Waals surface area contributed by atoms with Gasteiger partial charge >= 0.3 is 0 Å². The summed E-state index contributed by atoms with van der Waals surface area (Å²) >= 11 is 0. The number of aliphatic hydroxyl groups is 1. The number of unbranched alkanes of at least 4 members (excludes halogenated alkanes) is 49. The summed E-state index contributed by atoms with van der Waals surface area (Å²) in [6, 6.07) is -0.795. The average Bonchev–Trinajstić information content (AvgIpc) is 3.35. The van der Waals surface area contributed by atoms with E-state index in [-0.39, 0.29) is 19.1 Å². The number of rotatable bonds is 62. The zero-order valence-corrected chi connectivity index (χ0v) is 51.0. The topological polar surface area (TPSA) is 108 Å². The number of phosphoric ester groups is 1. The van der Waals surface area contributed by atoms with Gasteiger partial charge in [0.15, 0.2) is 0 Å². The third-order valence-electron chi connectivity index (χ3n) is 15.6. The Hall–Kier alpha value is -0.500. The summed E-state index contributed by atoms with van der Waals surface area (Å²) in [6.45, 7) is 4.78. The standard InChI is InChI=1S/C64H131N2O6P/c1-6-8-10-12-14-16-18-20-22-23-24-25-26-27-28-29-30-31-32-33-34-35-36-37-38-39-40-41-42-43-44-46-48-50-52-54-56-58-64(68)65-62(61-72-73(69,70)71-60-59-66(3,4)5)63(67)57-55-53-51-49-47-45-21-19-17-15-13-11-9-7-2/h62-63,67H,6-61H2,1-5H3,(H-,65,68,69,70). The minimum atomic E-state index is -4.57. The smallest absolute Gasteiger partial charge is 0.268 e. The van der Waals surface area contributed by atoms with Crippen molar-refractivity contribution in [2.75, 3.05) is 40.9 Å². The third kappa shape index (κ3) is 59.0. The van der Waals surface area contributed by atoms with Crippen molar-refractivity contribution < 1.29 is 32.9 Å². The summed E-state index contributed by atoms with van der Waals surface area (Å²) in [5.41, 5.74) is 0. The predicted octanol–water partition coefficient (Wildman–Crippen LogP) is 19.8. The van der Waals surface area contributed by atoms with Gasteiger partial charge in [0.1, 0.15) is 13.2 Å². The number of carbonyl (C=O) groups is 1. The Morgan fingerprint density at radius 3 is 0.932 bits per heavy atom. The SMILES string of the molecule is CCCCCCCCCCCCCCCCCCCCCCCCCCCCCCCCCCCCCCCC(=O)NC(COP(=O)([O-])OCC[N+](C)(C)C)C(O)CCCCCCCCCCCCCCCC. The molecule has 0 aromatic carbocycles. The number of nitrogens with one attached hydrogen (secondary N) is 1. The summed E-state index contributed by atoms with van der Waals surface area (Å²) < 4.78 is 23.4. The fraction of sp³-hybridized carbons (Fsp3) is 0.984. The molecule has 0 rings (SSSR count). The van der Waals surface area contributed by atoms with Crippen LogP contribution in [0.15, 0.2) is 0 Å². The zero-order valence-electron chi connectivity index (χ0n) is 50.1. The first-order valence-corrected chi connectivity index (χ1v) is 34.3. The number of carbonyl (C=O) groups excluding carboxylic acids is 1. The van der Waals surface area contributed by atoms with Gasteiger partial charge in [-0.05, 0) is 12.8 Å². The monoisotopic (exact) mass is 1050 g/mol. The number of nitrogens with zero attached hydrogens (tertiary/aromatic N) is 1. The van der Waals surface area contributed by atoms with Gasteiger partial charge < -0.3 is 28.8 Å². The second-order valence-electron chi connectivity index (χ2n) is 24.2. The van der Waals surface area contributed by atoms with Gasteiger partial charge in [-0.15, -0.1) is 0 Å². The molecule has 438 valence electrons. The van der Waals surface area contributed by atoms with Crippen molar-refractivity contribution in [3.05, 3.63) is 0 Å². The first-order valence-electron chi connectivity index (χ1n) is 32.9. The molecule has 0 aliphatic carbocycles. The van der Waals surface area contributed by atoms with E-state index in [2.05, 4.69) is 19.2 Å². The normalized spacial score (nSPS) is 13.7. The first kappa shape index (κ1) is 72.5.